The molecule has 0 aliphatic carbocycles. The number of urea groups is 1. The van der Waals surface area contributed by atoms with E-state index in [1.165, 1.54) is 4.90 Å². The maximum Gasteiger partial charge on any atom is 0.315 e. The summed E-state index contributed by atoms with van der Waals surface area (Å²) in [5, 5.41) is 0. The third-order valence-corrected chi connectivity index (χ3v) is 3.19. The van der Waals surface area contributed by atoms with Crippen LogP contribution in [0.4, 0.5) is 4.79 Å². The molecule has 1 aliphatic heterocycles. The number of aromatic nitrogens is 1. The standard InChI is InChI=1S/C11H14N4O2/c12-9(16)11(8-3-1-5-14-7-8)4-2-6-15(11)10(13)17/h1,3,5,7H,2,4,6H2,(H2,12,16)(H2,13,17). The van der Waals surface area contributed by atoms with Crippen molar-refractivity contribution in [2.24, 2.45) is 11.5 Å². The Morgan fingerprint density at radius 1 is 1.41 bits per heavy atom. The smallest absolute Gasteiger partial charge is 0.315 e. The van der Waals surface area contributed by atoms with Crippen LogP contribution in [-0.2, 0) is 10.3 Å². The molecule has 1 aromatic rings. The minimum Gasteiger partial charge on any atom is -0.367 e. The lowest BCUT2D eigenvalue weighted by molar-refractivity contribution is -0.127. The fourth-order valence-electron chi connectivity index (χ4n) is 2.42. The van der Waals surface area contributed by atoms with E-state index in [1.807, 2.05) is 0 Å². The van der Waals surface area contributed by atoms with E-state index in [-0.39, 0.29) is 0 Å². The largest absolute Gasteiger partial charge is 0.367 e. The van der Waals surface area contributed by atoms with Crippen LogP contribution in [0.1, 0.15) is 18.4 Å². The first-order chi connectivity index (χ1) is 8.09. The number of carbonyl (C=O) groups excluding carboxylic acids is 2. The van der Waals surface area contributed by atoms with Crippen molar-refractivity contribution in [1.29, 1.82) is 0 Å². The summed E-state index contributed by atoms with van der Waals surface area (Å²) in [6, 6.07) is 2.81. The second kappa shape index (κ2) is 4.04. The number of nitrogens with two attached hydrogens (primary N) is 2. The van der Waals surface area contributed by atoms with Crippen LogP contribution in [0.25, 0.3) is 0 Å². The first-order valence-corrected chi connectivity index (χ1v) is 5.36. The summed E-state index contributed by atoms with van der Waals surface area (Å²) in [6.45, 7) is 0.438. The summed E-state index contributed by atoms with van der Waals surface area (Å²) >= 11 is 0. The zero-order valence-corrected chi connectivity index (χ0v) is 9.30. The molecule has 1 fully saturated rings. The first kappa shape index (κ1) is 11.4. The third-order valence-electron chi connectivity index (χ3n) is 3.19. The summed E-state index contributed by atoms with van der Waals surface area (Å²) in [5.41, 5.74) is 10.3. The number of primary amides is 2. The molecule has 1 atom stereocenters. The Kier molecular flexibility index (Phi) is 2.71. The second-order valence-electron chi connectivity index (χ2n) is 4.06. The lowest BCUT2D eigenvalue weighted by atomic mass is 9.87. The summed E-state index contributed by atoms with van der Waals surface area (Å²) in [4.78, 5) is 28.5. The third kappa shape index (κ3) is 1.61. The van der Waals surface area contributed by atoms with Crippen molar-refractivity contribution in [3.8, 4) is 0 Å². The summed E-state index contributed by atoms with van der Waals surface area (Å²) in [5.74, 6) is -0.568. The topological polar surface area (TPSA) is 102 Å². The minimum absolute atomic E-state index is 0.438. The van der Waals surface area contributed by atoms with Gasteiger partial charge in [-0.25, -0.2) is 4.79 Å². The van der Waals surface area contributed by atoms with Crippen LogP contribution in [0.15, 0.2) is 24.5 Å². The predicted octanol–water partition coefficient (Wildman–Crippen LogP) is -0.0633. The Bertz CT molecular complexity index is 448. The van der Waals surface area contributed by atoms with Gasteiger partial charge in [0, 0.05) is 24.5 Å². The molecule has 1 saturated heterocycles. The number of rotatable bonds is 2. The van der Waals surface area contributed by atoms with Crippen molar-refractivity contribution in [2.75, 3.05) is 6.54 Å². The van der Waals surface area contributed by atoms with Gasteiger partial charge in [-0.05, 0) is 18.9 Å². The zero-order valence-electron chi connectivity index (χ0n) is 9.30. The van der Waals surface area contributed by atoms with Crippen molar-refractivity contribution < 1.29 is 9.59 Å². The van der Waals surface area contributed by atoms with Crippen molar-refractivity contribution >= 4 is 11.9 Å². The molecule has 1 unspecified atom stereocenters. The molecule has 0 bridgehead atoms. The van der Waals surface area contributed by atoms with E-state index in [0.29, 0.717) is 24.9 Å². The van der Waals surface area contributed by atoms with E-state index in [1.54, 1.807) is 24.5 Å². The van der Waals surface area contributed by atoms with Crippen molar-refractivity contribution in [3.63, 3.8) is 0 Å². The van der Waals surface area contributed by atoms with E-state index in [9.17, 15) is 9.59 Å². The number of carbonyl (C=O) groups is 2. The molecule has 17 heavy (non-hydrogen) atoms. The Morgan fingerprint density at radius 3 is 2.71 bits per heavy atom. The molecule has 4 N–H and O–H groups in total. The maximum absolute atomic E-state index is 11.8. The SMILES string of the molecule is NC(=O)N1CCCC1(C(N)=O)c1cccnc1. The van der Waals surface area contributed by atoms with Gasteiger partial charge in [-0.1, -0.05) is 6.07 Å². The van der Waals surface area contributed by atoms with Gasteiger partial charge < -0.3 is 16.4 Å². The Morgan fingerprint density at radius 2 is 2.18 bits per heavy atom. The van der Waals surface area contributed by atoms with Crippen molar-refractivity contribution in [1.82, 2.24) is 9.88 Å². The molecule has 0 saturated carbocycles. The molecule has 0 spiro atoms. The van der Waals surface area contributed by atoms with Crippen molar-refractivity contribution in [3.05, 3.63) is 30.1 Å². The number of pyridine rings is 1. The molecule has 2 rings (SSSR count). The monoisotopic (exact) mass is 234 g/mol. The molecular formula is C11H14N4O2. The zero-order chi connectivity index (χ0) is 12.5. The lowest BCUT2D eigenvalue weighted by Crippen LogP contribution is -2.55. The summed E-state index contributed by atoms with van der Waals surface area (Å²) in [6.07, 6.45) is 4.32. The van der Waals surface area contributed by atoms with Crippen LogP contribution in [0.3, 0.4) is 0 Å². The van der Waals surface area contributed by atoms with Crippen molar-refractivity contribution in [2.45, 2.75) is 18.4 Å². The Balaban J connectivity index is 2.54. The first-order valence-electron chi connectivity index (χ1n) is 5.36. The highest BCUT2D eigenvalue weighted by molar-refractivity contribution is 5.91. The normalized spacial score (nSPS) is 23.6. The van der Waals surface area contributed by atoms with Gasteiger partial charge in [-0.3, -0.25) is 9.78 Å². The second-order valence-corrected chi connectivity index (χ2v) is 4.06. The van der Waals surface area contributed by atoms with Crippen LogP contribution < -0.4 is 11.5 Å². The highest BCUT2D eigenvalue weighted by Crippen LogP contribution is 2.38. The highest BCUT2D eigenvalue weighted by Gasteiger charge is 2.49. The van der Waals surface area contributed by atoms with Gasteiger partial charge in [0.15, 0.2) is 0 Å². The van der Waals surface area contributed by atoms with E-state index >= 15 is 0 Å². The molecule has 1 aliphatic rings. The number of amides is 3. The van der Waals surface area contributed by atoms with Gasteiger partial charge in [0.2, 0.25) is 5.91 Å². The van der Waals surface area contributed by atoms with Crippen LogP contribution in [0, 0.1) is 0 Å². The average molecular weight is 234 g/mol. The number of hydrogen-bond donors (Lipinski definition) is 2. The van der Waals surface area contributed by atoms with E-state index in [0.717, 1.165) is 0 Å². The van der Waals surface area contributed by atoms with Crippen LogP contribution in [0.5, 0.6) is 0 Å². The van der Waals surface area contributed by atoms with Gasteiger partial charge in [0.05, 0.1) is 0 Å². The fraction of sp³-hybridized carbons (Fsp3) is 0.364. The molecule has 0 aromatic carbocycles. The number of nitrogens with zero attached hydrogens (tertiary/aromatic N) is 2. The van der Waals surface area contributed by atoms with Gasteiger partial charge in [-0.2, -0.15) is 0 Å². The van der Waals surface area contributed by atoms with Gasteiger partial charge in [0.1, 0.15) is 5.54 Å². The van der Waals surface area contributed by atoms with Crippen LogP contribution in [-0.4, -0.2) is 28.4 Å². The minimum atomic E-state index is -1.14. The summed E-state index contributed by atoms with van der Waals surface area (Å²) in [7, 11) is 0. The van der Waals surface area contributed by atoms with E-state index in [4.69, 9.17) is 11.5 Å². The lowest BCUT2D eigenvalue weighted by Gasteiger charge is -2.34. The molecular weight excluding hydrogens is 220 g/mol. The van der Waals surface area contributed by atoms with E-state index in [2.05, 4.69) is 4.98 Å². The molecule has 90 valence electrons. The van der Waals surface area contributed by atoms with Gasteiger partial charge in [0.25, 0.3) is 0 Å². The van der Waals surface area contributed by atoms with Crippen LogP contribution >= 0.6 is 0 Å². The Labute approximate surface area is 98.6 Å². The number of likely N-dealkylation sites (tertiary alicyclic amines) is 1. The van der Waals surface area contributed by atoms with Gasteiger partial charge in [-0.15, -0.1) is 0 Å². The molecule has 6 heteroatoms. The average Bonchev–Trinajstić information content (AvgIpc) is 2.75. The Hall–Kier alpha value is -2.11. The highest BCUT2D eigenvalue weighted by atomic mass is 16.2. The van der Waals surface area contributed by atoms with E-state index < -0.39 is 17.5 Å². The van der Waals surface area contributed by atoms with Crippen LogP contribution in [0.2, 0.25) is 0 Å². The molecule has 2 heterocycles. The predicted molar refractivity (Wildman–Crippen MR) is 60.6 cm³/mol. The van der Waals surface area contributed by atoms with Gasteiger partial charge >= 0.3 is 6.03 Å². The number of hydrogen-bond acceptors (Lipinski definition) is 3. The quantitative estimate of drug-likeness (QED) is 0.749. The molecule has 6 nitrogen and oxygen atoms in total. The molecule has 1 aromatic heterocycles. The fourth-order valence-corrected chi connectivity index (χ4v) is 2.42. The maximum atomic E-state index is 11.8. The molecule has 0 radical (unpaired) electrons. The molecule has 3 amide bonds. The summed E-state index contributed by atoms with van der Waals surface area (Å²) < 4.78 is 0.